The summed E-state index contributed by atoms with van der Waals surface area (Å²) >= 11 is 2.77. The van der Waals surface area contributed by atoms with Crippen LogP contribution in [-0.4, -0.2) is 209 Å². The zero-order valence-corrected chi connectivity index (χ0v) is 47.3. The van der Waals surface area contributed by atoms with Crippen LogP contribution in [0.1, 0.15) is 58.4 Å². The first-order valence-electron chi connectivity index (χ1n) is 27.5. The SMILES string of the molecule is COc1cc(-c2n[nH]c(-c3ncc(C4CCN(CC(=O)N5CC6(COC6)C5)CC4)s3)c2CC(F)(F)F)cn2ncnc12.COc1cc(-c2n[nH]c(-c3ncc(C4CCN(CC(=O)N5CC6(COC6)C5)CC4)s3)c2CC(F)(F)F)cn2ncnc12. The number of aromatic nitrogens is 12. The Morgan fingerprint density at radius 3 is 1.36 bits per heavy atom. The highest BCUT2D eigenvalue weighted by Crippen LogP contribution is 2.44. The van der Waals surface area contributed by atoms with E-state index in [0.29, 0.717) is 57.0 Å². The smallest absolute Gasteiger partial charge is 0.393 e. The van der Waals surface area contributed by atoms with Gasteiger partial charge in [0.2, 0.25) is 11.8 Å². The molecule has 14 rings (SSSR count). The van der Waals surface area contributed by atoms with Gasteiger partial charge in [-0.15, -0.1) is 22.7 Å². The van der Waals surface area contributed by atoms with Crippen molar-refractivity contribution < 1.29 is 54.9 Å². The van der Waals surface area contributed by atoms with Crippen molar-refractivity contribution in [2.45, 2.75) is 62.7 Å². The molecule has 2 N–H and O–H groups in total. The van der Waals surface area contributed by atoms with Crippen molar-refractivity contribution in [3.05, 3.63) is 70.5 Å². The van der Waals surface area contributed by atoms with E-state index in [4.69, 9.17) is 18.9 Å². The minimum Gasteiger partial charge on any atom is -0.493 e. The molecule has 8 aromatic heterocycles. The standard InChI is InChI=1S/2C27H29F3N8O3S/c2*1-40-19-6-17(9-38-24(19)32-15-33-38)22-18(7-27(28,29)30)23(35-34-22)25-31-8-20(42-25)16-2-4-36(5-3-16)10-21(39)37-11-26(12-37)13-41-14-26/h2*6,8-9,15-16H,2-5,7,10-14H2,1H3,(H,34,35). The average molecular weight is 1210 g/mol. The van der Waals surface area contributed by atoms with Crippen LogP contribution in [0.3, 0.4) is 0 Å². The fourth-order valence-corrected chi connectivity index (χ4v) is 14.4. The Morgan fingerprint density at radius 1 is 0.619 bits per heavy atom. The largest absolute Gasteiger partial charge is 0.493 e. The van der Waals surface area contributed by atoms with Gasteiger partial charge in [-0.25, -0.2) is 29.0 Å². The van der Waals surface area contributed by atoms with Crippen LogP contribution < -0.4 is 9.47 Å². The van der Waals surface area contributed by atoms with Crippen LogP contribution >= 0.6 is 22.7 Å². The third-order valence-corrected chi connectivity index (χ3v) is 19.1. The van der Waals surface area contributed by atoms with Crippen LogP contribution in [0.2, 0.25) is 0 Å². The molecule has 6 aliphatic rings. The number of hydrogen-bond donors (Lipinski definition) is 2. The number of carbonyl (C=O) groups is 2. The molecular weight excluding hydrogens is 1150 g/mol. The lowest BCUT2D eigenvalue weighted by Gasteiger charge is -2.55. The van der Waals surface area contributed by atoms with Gasteiger partial charge in [-0.3, -0.25) is 29.6 Å². The molecule has 14 heterocycles. The Bertz CT molecular complexity index is 3460. The second-order valence-corrected chi connectivity index (χ2v) is 24.9. The Balaban J connectivity index is 0.000000157. The topological polar surface area (TPSA) is 228 Å². The zero-order valence-electron chi connectivity index (χ0n) is 45.7. The first-order chi connectivity index (χ1) is 40.4. The van der Waals surface area contributed by atoms with E-state index >= 15 is 0 Å². The summed E-state index contributed by atoms with van der Waals surface area (Å²) in [6, 6.07) is 3.22. The maximum Gasteiger partial charge on any atom is 0.393 e. The molecular formula is C54H58F6N16O6S2. The lowest BCUT2D eigenvalue weighted by Crippen LogP contribution is -2.68. The average Bonchev–Trinajstić information content (AvgIpc) is 4.43. The summed E-state index contributed by atoms with van der Waals surface area (Å²) < 4.78 is 107. The predicted molar refractivity (Wildman–Crippen MR) is 292 cm³/mol. The molecule has 6 fully saturated rings. The van der Waals surface area contributed by atoms with E-state index in [1.54, 1.807) is 36.9 Å². The molecule has 22 nitrogen and oxygen atoms in total. The van der Waals surface area contributed by atoms with E-state index in [1.165, 1.54) is 58.6 Å². The minimum atomic E-state index is -4.46. The first kappa shape index (κ1) is 56.0. The maximum atomic E-state index is 13.8. The Hall–Kier alpha value is -7.12. The predicted octanol–water partition coefficient (Wildman–Crippen LogP) is 6.79. The van der Waals surface area contributed by atoms with Crippen molar-refractivity contribution in [1.82, 2.24) is 79.2 Å². The van der Waals surface area contributed by atoms with Crippen LogP contribution in [0.15, 0.2) is 49.6 Å². The van der Waals surface area contributed by atoms with E-state index in [1.807, 2.05) is 9.80 Å². The number of piperidine rings is 2. The zero-order chi connectivity index (χ0) is 58.1. The summed E-state index contributed by atoms with van der Waals surface area (Å²) in [6.45, 7) is 10.2. The number of fused-ring (bicyclic) bond motifs is 2. The van der Waals surface area contributed by atoms with Crippen molar-refractivity contribution in [3.8, 4) is 55.4 Å². The number of methoxy groups -OCH3 is 2. The van der Waals surface area contributed by atoms with Gasteiger partial charge in [-0.2, -0.15) is 46.7 Å². The molecule has 444 valence electrons. The Labute approximate surface area is 483 Å². The molecule has 0 radical (unpaired) electrons. The van der Waals surface area contributed by atoms with Crippen molar-refractivity contribution in [2.24, 2.45) is 10.8 Å². The number of rotatable bonds is 14. The number of aromatic amines is 2. The van der Waals surface area contributed by atoms with Gasteiger partial charge in [-0.1, -0.05) is 0 Å². The number of ether oxygens (including phenoxy) is 4. The van der Waals surface area contributed by atoms with Crippen molar-refractivity contribution >= 4 is 45.8 Å². The molecule has 6 aliphatic heterocycles. The summed E-state index contributed by atoms with van der Waals surface area (Å²) in [4.78, 5) is 52.9. The van der Waals surface area contributed by atoms with Gasteiger partial charge in [0.15, 0.2) is 22.8 Å². The molecule has 0 atom stereocenters. The number of halogens is 6. The number of carbonyl (C=O) groups excluding carboxylic acids is 2. The quantitative estimate of drug-likeness (QED) is 0.107. The van der Waals surface area contributed by atoms with E-state index in [2.05, 4.69) is 60.3 Å². The number of nitrogens with zero attached hydrogens (tertiary/aromatic N) is 14. The van der Waals surface area contributed by atoms with Crippen LogP contribution in [0, 0.1) is 10.8 Å². The molecule has 0 aromatic carbocycles. The van der Waals surface area contributed by atoms with Gasteiger partial charge in [0, 0.05) is 83.0 Å². The number of H-pyrrole nitrogens is 2. The number of amides is 2. The highest BCUT2D eigenvalue weighted by atomic mass is 32.1. The minimum absolute atomic E-state index is 0.0134. The van der Waals surface area contributed by atoms with Gasteiger partial charge in [-0.05, 0) is 75.8 Å². The second kappa shape index (κ2) is 22.1. The highest BCUT2D eigenvalue weighted by molar-refractivity contribution is 7.15. The summed E-state index contributed by atoms with van der Waals surface area (Å²) in [5, 5.41) is 23.4. The molecule has 8 aromatic rings. The van der Waals surface area contributed by atoms with E-state index < -0.39 is 25.2 Å². The van der Waals surface area contributed by atoms with Gasteiger partial charge >= 0.3 is 12.4 Å². The number of alkyl halides is 6. The lowest BCUT2D eigenvalue weighted by atomic mass is 9.78. The summed E-state index contributed by atoms with van der Waals surface area (Å²) in [6.07, 6.45) is 1.54. The molecule has 30 heteroatoms. The molecule has 84 heavy (non-hydrogen) atoms. The van der Waals surface area contributed by atoms with Gasteiger partial charge in [0.25, 0.3) is 0 Å². The summed E-state index contributed by atoms with van der Waals surface area (Å²) in [7, 11) is 2.93. The van der Waals surface area contributed by atoms with Crippen LogP contribution in [0.25, 0.3) is 55.2 Å². The lowest BCUT2D eigenvalue weighted by molar-refractivity contribution is -0.196. The normalized spacial score (nSPS) is 19.3. The van der Waals surface area contributed by atoms with Crippen molar-refractivity contribution in [1.29, 1.82) is 0 Å². The second-order valence-electron chi connectivity index (χ2n) is 22.8. The molecule has 0 bridgehead atoms. The summed E-state index contributed by atoms with van der Waals surface area (Å²) in [5.74, 6) is 1.54. The monoisotopic (exact) mass is 1200 g/mol. The van der Waals surface area contributed by atoms with Gasteiger partial charge in [0.1, 0.15) is 22.7 Å². The molecule has 2 spiro atoms. The molecule has 0 aliphatic carbocycles. The third-order valence-electron chi connectivity index (χ3n) is 16.8. The molecule has 0 saturated carbocycles. The Morgan fingerprint density at radius 2 is 1.01 bits per heavy atom. The number of likely N-dealkylation sites (tertiary alicyclic amines) is 4. The number of thiazole rings is 2. The van der Waals surface area contributed by atoms with Crippen LogP contribution in [0.5, 0.6) is 11.5 Å². The Kier molecular flexibility index (Phi) is 14.7. The molecule has 0 unspecified atom stereocenters. The number of pyridine rings is 2. The van der Waals surface area contributed by atoms with E-state index in [0.717, 1.165) is 114 Å². The third kappa shape index (κ3) is 11.2. The van der Waals surface area contributed by atoms with E-state index in [-0.39, 0.29) is 68.4 Å². The van der Waals surface area contributed by atoms with Crippen LogP contribution in [-0.2, 0) is 31.9 Å². The molecule has 6 saturated heterocycles. The van der Waals surface area contributed by atoms with Gasteiger partial charge < -0.3 is 28.7 Å². The van der Waals surface area contributed by atoms with E-state index in [9.17, 15) is 35.9 Å². The number of hydrogen-bond acceptors (Lipinski definition) is 18. The maximum absolute atomic E-state index is 13.8. The van der Waals surface area contributed by atoms with Crippen molar-refractivity contribution in [3.63, 3.8) is 0 Å². The molecule has 2 amide bonds. The fraction of sp³-hybridized carbons (Fsp3) is 0.519. The summed E-state index contributed by atoms with van der Waals surface area (Å²) in [5.41, 5.74) is 3.00. The fourth-order valence-electron chi connectivity index (χ4n) is 12.2. The van der Waals surface area contributed by atoms with Gasteiger partial charge in [0.05, 0.1) is 100 Å². The first-order valence-corrected chi connectivity index (χ1v) is 29.2. The highest BCUT2D eigenvalue weighted by Gasteiger charge is 2.52. The van der Waals surface area contributed by atoms with Crippen molar-refractivity contribution in [2.75, 3.05) is 106 Å². The van der Waals surface area contributed by atoms with Crippen LogP contribution in [0.4, 0.5) is 26.3 Å². The number of nitrogens with one attached hydrogen (secondary N) is 2.